The van der Waals surface area contributed by atoms with Crippen molar-refractivity contribution < 1.29 is 19.7 Å². The summed E-state index contributed by atoms with van der Waals surface area (Å²) in [6.07, 6.45) is 0. The number of ether oxygens (including phenoxy) is 2. The SMILES string of the molecule is OCCOCCOc1cccc(Cl)c1CO. The topological polar surface area (TPSA) is 58.9 Å². The van der Waals surface area contributed by atoms with Gasteiger partial charge in [0.2, 0.25) is 0 Å². The van der Waals surface area contributed by atoms with E-state index < -0.39 is 0 Å². The lowest BCUT2D eigenvalue weighted by Crippen LogP contribution is -2.10. The third-order valence-corrected chi connectivity index (χ3v) is 2.31. The molecule has 0 aliphatic heterocycles. The lowest BCUT2D eigenvalue weighted by atomic mass is 10.2. The average molecular weight is 247 g/mol. The van der Waals surface area contributed by atoms with E-state index in [-0.39, 0.29) is 13.2 Å². The summed E-state index contributed by atoms with van der Waals surface area (Å²) in [5.41, 5.74) is 0.575. The van der Waals surface area contributed by atoms with E-state index in [9.17, 15) is 0 Å². The van der Waals surface area contributed by atoms with Crippen LogP contribution in [0.4, 0.5) is 0 Å². The molecule has 5 heteroatoms. The minimum Gasteiger partial charge on any atom is -0.491 e. The number of hydrogen-bond acceptors (Lipinski definition) is 4. The molecule has 0 atom stereocenters. The van der Waals surface area contributed by atoms with Gasteiger partial charge in [0.1, 0.15) is 12.4 Å². The Morgan fingerprint density at radius 1 is 1.12 bits per heavy atom. The summed E-state index contributed by atoms with van der Waals surface area (Å²) in [4.78, 5) is 0. The molecule has 90 valence electrons. The van der Waals surface area contributed by atoms with Crippen LogP contribution in [0.15, 0.2) is 18.2 Å². The van der Waals surface area contributed by atoms with Crippen LogP contribution in [0.5, 0.6) is 5.75 Å². The fraction of sp³-hybridized carbons (Fsp3) is 0.455. The molecule has 0 aliphatic carbocycles. The summed E-state index contributed by atoms with van der Waals surface area (Å²) in [5, 5.41) is 18.1. The number of halogens is 1. The number of rotatable bonds is 7. The van der Waals surface area contributed by atoms with Gasteiger partial charge in [-0.15, -0.1) is 0 Å². The minimum atomic E-state index is -0.160. The largest absolute Gasteiger partial charge is 0.491 e. The molecule has 0 bridgehead atoms. The van der Waals surface area contributed by atoms with Gasteiger partial charge in [0.05, 0.1) is 26.4 Å². The third kappa shape index (κ3) is 3.98. The lowest BCUT2D eigenvalue weighted by molar-refractivity contribution is 0.0700. The van der Waals surface area contributed by atoms with E-state index >= 15 is 0 Å². The fourth-order valence-corrected chi connectivity index (χ4v) is 1.43. The first-order valence-corrected chi connectivity index (χ1v) is 5.37. The van der Waals surface area contributed by atoms with Crippen molar-refractivity contribution in [3.8, 4) is 5.75 Å². The van der Waals surface area contributed by atoms with Gasteiger partial charge in [0.15, 0.2) is 0 Å². The molecule has 0 saturated carbocycles. The Hall–Kier alpha value is -0.810. The molecule has 1 aromatic carbocycles. The molecular formula is C11H15ClO4. The van der Waals surface area contributed by atoms with E-state index in [1.54, 1.807) is 18.2 Å². The summed E-state index contributed by atoms with van der Waals surface area (Å²) >= 11 is 5.89. The third-order valence-electron chi connectivity index (χ3n) is 1.95. The Bertz CT molecular complexity index is 317. The van der Waals surface area contributed by atoms with Crippen LogP contribution < -0.4 is 4.74 Å². The molecule has 0 unspecified atom stereocenters. The zero-order valence-electron chi connectivity index (χ0n) is 8.86. The molecule has 0 aliphatic rings. The van der Waals surface area contributed by atoms with Crippen LogP contribution in [0.25, 0.3) is 0 Å². The van der Waals surface area contributed by atoms with Crippen LogP contribution in [-0.2, 0) is 11.3 Å². The smallest absolute Gasteiger partial charge is 0.126 e. The van der Waals surface area contributed by atoms with E-state index in [1.807, 2.05) is 0 Å². The molecule has 0 radical (unpaired) electrons. The van der Waals surface area contributed by atoms with Crippen LogP contribution in [0.2, 0.25) is 5.02 Å². The van der Waals surface area contributed by atoms with Gasteiger partial charge in [-0.1, -0.05) is 17.7 Å². The highest BCUT2D eigenvalue weighted by molar-refractivity contribution is 6.31. The van der Waals surface area contributed by atoms with Crippen LogP contribution in [-0.4, -0.2) is 36.6 Å². The average Bonchev–Trinajstić information content (AvgIpc) is 2.29. The van der Waals surface area contributed by atoms with Crippen molar-refractivity contribution >= 4 is 11.6 Å². The van der Waals surface area contributed by atoms with Crippen molar-refractivity contribution in [1.29, 1.82) is 0 Å². The standard InChI is InChI=1S/C11H15ClO4/c12-10-2-1-3-11(9(10)8-14)16-7-6-15-5-4-13/h1-3,13-14H,4-8H2. The summed E-state index contributed by atoms with van der Waals surface area (Å²) in [5.74, 6) is 0.558. The molecule has 0 saturated heterocycles. The van der Waals surface area contributed by atoms with E-state index in [0.29, 0.717) is 36.2 Å². The van der Waals surface area contributed by atoms with E-state index in [4.69, 9.17) is 31.3 Å². The summed E-state index contributed by atoms with van der Waals surface area (Å²) in [7, 11) is 0. The molecule has 0 fully saturated rings. The molecule has 0 spiro atoms. The maximum atomic E-state index is 9.11. The monoisotopic (exact) mass is 246 g/mol. The molecular weight excluding hydrogens is 232 g/mol. The predicted octanol–water partition coefficient (Wildman–Crippen LogP) is 1.22. The van der Waals surface area contributed by atoms with Crippen molar-refractivity contribution in [2.45, 2.75) is 6.61 Å². The number of aliphatic hydroxyl groups excluding tert-OH is 2. The molecule has 0 amide bonds. The van der Waals surface area contributed by atoms with Crippen LogP contribution >= 0.6 is 11.6 Å². The number of benzene rings is 1. The highest BCUT2D eigenvalue weighted by Gasteiger charge is 2.06. The Morgan fingerprint density at radius 2 is 1.94 bits per heavy atom. The van der Waals surface area contributed by atoms with Crippen molar-refractivity contribution in [3.05, 3.63) is 28.8 Å². The van der Waals surface area contributed by atoms with Gasteiger partial charge in [0, 0.05) is 10.6 Å². The zero-order valence-corrected chi connectivity index (χ0v) is 9.61. The highest BCUT2D eigenvalue weighted by atomic mass is 35.5. The Kier molecular flexibility index (Phi) is 6.18. The second-order valence-electron chi connectivity index (χ2n) is 3.06. The second-order valence-corrected chi connectivity index (χ2v) is 3.47. The Balaban J connectivity index is 2.44. The Labute approximate surface area is 99.4 Å². The fourth-order valence-electron chi connectivity index (χ4n) is 1.20. The Morgan fingerprint density at radius 3 is 2.62 bits per heavy atom. The quantitative estimate of drug-likeness (QED) is 0.711. The first kappa shape index (κ1) is 13.3. The van der Waals surface area contributed by atoms with Gasteiger partial charge in [-0.3, -0.25) is 0 Å². The summed E-state index contributed by atoms with van der Waals surface area (Å²) in [6.45, 7) is 0.878. The lowest BCUT2D eigenvalue weighted by Gasteiger charge is -2.11. The van der Waals surface area contributed by atoms with Gasteiger partial charge in [-0.2, -0.15) is 0 Å². The van der Waals surface area contributed by atoms with Gasteiger partial charge >= 0.3 is 0 Å². The van der Waals surface area contributed by atoms with E-state index in [0.717, 1.165) is 0 Å². The van der Waals surface area contributed by atoms with Gasteiger partial charge in [-0.25, -0.2) is 0 Å². The van der Waals surface area contributed by atoms with E-state index in [2.05, 4.69) is 0 Å². The maximum Gasteiger partial charge on any atom is 0.126 e. The van der Waals surface area contributed by atoms with Gasteiger partial charge in [0.25, 0.3) is 0 Å². The van der Waals surface area contributed by atoms with Crippen molar-refractivity contribution in [1.82, 2.24) is 0 Å². The van der Waals surface area contributed by atoms with Crippen molar-refractivity contribution in [3.63, 3.8) is 0 Å². The minimum absolute atomic E-state index is 0.000937. The molecule has 0 heterocycles. The first-order valence-electron chi connectivity index (χ1n) is 4.99. The number of aliphatic hydroxyl groups is 2. The van der Waals surface area contributed by atoms with E-state index in [1.165, 1.54) is 0 Å². The number of hydrogen-bond donors (Lipinski definition) is 2. The second kappa shape index (κ2) is 7.46. The molecule has 1 rings (SSSR count). The van der Waals surface area contributed by atoms with Crippen LogP contribution in [0.3, 0.4) is 0 Å². The van der Waals surface area contributed by atoms with Gasteiger partial charge in [-0.05, 0) is 12.1 Å². The highest BCUT2D eigenvalue weighted by Crippen LogP contribution is 2.26. The molecule has 1 aromatic rings. The van der Waals surface area contributed by atoms with Crippen LogP contribution in [0, 0.1) is 0 Å². The zero-order chi connectivity index (χ0) is 11.8. The molecule has 4 nitrogen and oxygen atoms in total. The van der Waals surface area contributed by atoms with Crippen molar-refractivity contribution in [2.75, 3.05) is 26.4 Å². The molecule has 2 N–H and O–H groups in total. The molecule has 16 heavy (non-hydrogen) atoms. The first-order chi connectivity index (χ1) is 7.79. The van der Waals surface area contributed by atoms with Gasteiger partial charge < -0.3 is 19.7 Å². The predicted molar refractivity (Wildman–Crippen MR) is 60.8 cm³/mol. The van der Waals surface area contributed by atoms with Crippen molar-refractivity contribution in [2.24, 2.45) is 0 Å². The molecule has 0 aromatic heterocycles. The normalized spacial score (nSPS) is 10.4. The van der Waals surface area contributed by atoms with Crippen LogP contribution in [0.1, 0.15) is 5.56 Å². The maximum absolute atomic E-state index is 9.11. The summed E-state index contributed by atoms with van der Waals surface area (Å²) < 4.78 is 10.4. The summed E-state index contributed by atoms with van der Waals surface area (Å²) in [6, 6.07) is 5.19.